The van der Waals surface area contributed by atoms with E-state index in [4.69, 9.17) is 4.52 Å². The third-order valence-electron chi connectivity index (χ3n) is 4.39. The molecule has 0 aliphatic heterocycles. The first-order chi connectivity index (χ1) is 10.0. The van der Waals surface area contributed by atoms with Crippen molar-refractivity contribution < 1.29 is 4.52 Å². The highest BCUT2D eigenvalue weighted by Crippen LogP contribution is 2.34. The Kier molecular flexibility index (Phi) is 7.98. The Bertz CT molecular complexity index is 386. The largest absolute Gasteiger partial charge is 0.339 e. The number of unbranched alkanes of at least 4 members (excludes halogenated alkanes) is 5. The van der Waals surface area contributed by atoms with E-state index >= 15 is 0 Å². The maximum absolute atomic E-state index is 5.62. The summed E-state index contributed by atoms with van der Waals surface area (Å²) in [6, 6.07) is 0. The normalized spacial score (nSPS) is 14.6. The predicted octanol–water partition coefficient (Wildman–Crippen LogP) is 6.00. The van der Waals surface area contributed by atoms with Crippen molar-refractivity contribution in [3.63, 3.8) is 0 Å². The van der Waals surface area contributed by atoms with Gasteiger partial charge in [0.15, 0.2) is 5.82 Å². The average molecular weight is 294 g/mol. The van der Waals surface area contributed by atoms with Crippen molar-refractivity contribution in [1.82, 2.24) is 10.1 Å². The zero-order chi connectivity index (χ0) is 15.7. The second kappa shape index (κ2) is 9.22. The van der Waals surface area contributed by atoms with Crippen molar-refractivity contribution in [3.8, 4) is 0 Å². The number of rotatable bonds is 11. The first kappa shape index (κ1) is 18.2. The van der Waals surface area contributed by atoms with E-state index < -0.39 is 0 Å². The van der Waals surface area contributed by atoms with Crippen LogP contribution in [-0.4, -0.2) is 10.1 Å². The Hall–Kier alpha value is -0.860. The summed E-state index contributed by atoms with van der Waals surface area (Å²) in [4.78, 5) is 4.68. The van der Waals surface area contributed by atoms with E-state index in [2.05, 4.69) is 44.8 Å². The van der Waals surface area contributed by atoms with Gasteiger partial charge < -0.3 is 4.52 Å². The summed E-state index contributed by atoms with van der Waals surface area (Å²) in [7, 11) is 0. The van der Waals surface area contributed by atoms with Gasteiger partial charge in [-0.05, 0) is 12.8 Å². The molecule has 1 aromatic rings. The predicted molar refractivity (Wildman–Crippen MR) is 88.6 cm³/mol. The second-order valence-electron chi connectivity index (χ2n) is 6.94. The standard InChI is InChI=1S/C18H34N2O/c1-6-8-10-12-14-18(5,13-11-9-7-2)17-19-16(15(3)4)20-21-17/h15H,6-14H2,1-5H3. The van der Waals surface area contributed by atoms with Gasteiger partial charge in [-0.25, -0.2) is 0 Å². The average Bonchev–Trinajstić information content (AvgIpc) is 2.95. The topological polar surface area (TPSA) is 38.9 Å². The molecule has 1 heterocycles. The fourth-order valence-electron chi connectivity index (χ4n) is 2.76. The molecule has 0 N–H and O–H groups in total. The van der Waals surface area contributed by atoms with Crippen LogP contribution in [0.3, 0.4) is 0 Å². The molecule has 0 fully saturated rings. The van der Waals surface area contributed by atoms with E-state index in [9.17, 15) is 0 Å². The molecule has 3 heteroatoms. The lowest BCUT2D eigenvalue weighted by atomic mass is 9.79. The third kappa shape index (κ3) is 5.80. The molecule has 0 amide bonds. The van der Waals surface area contributed by atoms with Gasteiger partial charge in [0.2, 0.25) is 5.89 Å². The molecule has 1 rings (SSSR count). The number of hydrogen-bond donors (Lipinski definition) is 0. The maximum atomic E-state index is 5.62. The summed E-state index contributed by atoms with van der Waals surface area (Å²) in [6.07, 6.45) is 11.3. The third-order valence-corrected chi connectivity index (χ3v) is 4.39. The molecule has 0 aromatic carbocycles. The van der Waals surface area contributed by atoms with Crippen LogP contribution < -0.4 is 0 Å². The highest BCUT2D eigenvalue weighted by Gasteiger charge is 2.32. The van der Waals surface area contributed by atoms with Crippen LogP contribution in [0.4, 0.5) is 0 Å². The quantitative estimate of drug-likeness (QED) is 0.470. The molecule has 122 valence electrons. The first-order valence-electron chi connectivity index (χ1n) is 8.87. The van der Waals surface area contributed by atoms with Crippen LogP contribution in [-0.2, 0) is 5.41 Å². The number of nitrogens with zero attached hydrogens (tertiary/aromatic N) is 2. The Labute approximate surface area is 130 Å². The van der Waals surface area contributed by atoms with Crippen molar-refractivity contribution >= 4 is 0 Å². The van der Waals surface area contributed by atoms with Crippen LogP contribution in [0.1, 0.15) is 110 Å². The minimum atomic E-state index is 0.0586. The molecule has 0 spiro atoms. The van der Waals surface area contributed by atoms with Crippen molar-refractivity contribution in [1.29, 1.82) is 0 Å². The Morgan fingerprint density at radius 2 is 1.52 bits per heavy atom. The molecule has 21 heavy (non-hydrogen) atoms. The first-order valence-corrected chi connectivity index (χ1v) is 8.87. The van der Waals surface area contributed by atoms with E-state index in [1.807, 2.05) is 0 Å². The molecular weight excluding hydrogens is 260 g/mol. The van der Waals surface area contributed by atoms with Gasteiger partial charge in [-0.2, -0.15) is 4.98 Å². The van der Waals surface area contributed by atoms with Gasteiger partial charge in [0, 0.05) is 11.3 Å². The summed E-state index contributed by atoms with van der Waals surface area (Å²) in [5.41, 5.74) is 0.0586. The molecule has 0 saturated carbocycles. The summed E-state index contributed by atoms with van der Waals surface area (Å²) in [6.45, 7) is 11.1. The van der Waals surface area contributed by atoms with Crippen LogP contribution in [0.5, 0.6) is 0 Å². The van der Waals surface area contributed by atoms with Gasteiger partial charge in [-0.3, -0.25) is 0 Å². The Morgan fingerprint density at radius 1 is 0.952 bits per heavy atom. The Balaban J connectivity index is 2.73. The maximum Gasteiger partial charge on any atom is 0.232 e. The SMILES string of the molecule is CCCCCCC(C)(CCCCC)c1nc(C(C)C)no1. The van der Waals surface area contributed by atoms with E-state index in [0.29, 0.717) is 5.92 Å². The zero-order valence-corrected chi connectivity index (χ0v) is 14.7. The van der Waals surface area contributed by atoms with Gasteiger partial charge in [-0.1, -0.05) is 84.7 Å². The van der Waals surface area contributed by atoms with Crippen LogP contribution in [0.2, 0.25) is 0 Å². The van der Waals surface area contributed by atoms with Crippen molar-refractivity contribution in [3.05, 3.63) is 11.7 Å². The van der Waals surface area contributed by atoms with Crippen LogP contribution in [0, 0.1) is 0 Å². The van der Waals surface area contributed by atoms with Crippen LogP contribution >= 0.6 is 0 Å². The zero-order valence-electron chi connectivity index (χ0n) is 14.7. The van der Waals surface area contributed by atoms with E-state index in [-0.39, 0.29) is 5.41 Å². The highest BCUT2D eigenvalue weighted by molar-refractivity contribution is 5.04. The van der Waals surface area contributed by atoms with Gasteiger partial charge >= 0.3 is 0 Å². The van der Waals surface area contributed by atoms with Gasteiger partial charge in [0.1, 0.15) is 0 Å². The highest BCUT2D eigenvalue weighted by atomic mass is 16.5. The fraction of sp³-hybridized carbons (Fsp3) is 0.889. The van der Waals surface area contributed by atoms with Crippen molar-refractivity contribution in [2.24, 2.45) is 0 Å². The molecule has 3 nitrogen and oxygen atoms in total. The van der Waals surface area contributed by atoms with Crippen molar-refractivity contribution in [2.45, 2.75) is 104 Å². The lowest BCUT2D eigenvalue weighted by Gasteiger charge is -2.25. The summed E-state index contributed by atoms with van der Waals surface area (Å²) in [5.74, 6) is 2.04. The lowest BCUT2D eigenvalue weighted by Crippen LogP contribution is -2.22. The summed E-state index contributed by atoms with van der Waals surface area (Å²) >= 11 is 0. The molecular formula is C18H34N2O. The molecule has 0 radical (unpaired) electrons. The van der Waals surface area contributed by atoms with E-state index in [0.717, 1.165) is 24.6 Å². The minimum absolute atomic E-state index is 0.0586. The van der Waals surface area contributed by atoms with Gasteiger partial charge in [-0.15, -0.1) is 0 Å². The minimum Gasteiger partial charge on any atom is -0.339 e. The molecule has 1 unspecified atom stereocenters. The monoisotopic (exact) mass is 294 g/mol. The molecule has 0 bridgehead atoms. The molecule has 1 aromatic heterocycles. The van der Waals surface area contributed by atoms with Crippen LogP contribution in [0.15, 0.2) is 4.52 Å². The van der Waals surface area contributed by atoms with E-state index in [1.54, 1.807) is 0 Å². The lowest BCUT2D eigenvalue weighted by molar-refractivity contribution is 0.254. The summed E-state index contributed by atoms with van der Waals surface area (Å²) < 4.78 is 5.62. The van der Waals surface area contributed by atoms with Gasteiger partial charge in [0.25, 0.3) is 0 Å². The molecule has 0 aliphatic carbocycles. The number of aromatic nitrogens is 2. The smallest absolute Gasteiger partial charge is 0.232 e. The summed E-state index contributed by atoms with van der Waals surface area (Å²) in [5, 5.41) is 4.17. The Morgan fingerprint density at radius 3 is 2.05 bits per heavy atom. The van der Waals surface area contributed by atoms with Crippen molar-refractivity contribution in [2.75, 3.05) is 0 Å². The van der Waals surface area contributed by atoms with E-state index in [1.165, 1.54) is 44.9 Å². The fourth-order valence-corrected chi connectivity index (χ4v) is 2.76. The molecule has 0 saturated heterocycles. The number of hydrogen-bond acceptors (Lipinski definition) is 3. The molecule has 1 atom stereocenters. The van der Waals surface area contributed by atoms with Gasteiger partial charge in [0.05, 0.1) is 0 Å². The van der Waals surface area contributed by atoms with Crippen LogP contribution in [0.25, 0.3) is 0 Å². The second-order valence-corrected chi connectivity index (χ2v) is 6.94. The molecule has 0 aliphatic rings.